The standard InChI is InChI=1S/C17H28N2/c1-5-13(2)17(19-11-9-18-10-12-19)16-8-6-7-14(3)15(16)4/h6-8,13,17-18H,5,9-12H2,1-4H3/t13?,17-/m0/s1. The molecule has 1 saturated heterocycles. The molecule has 1 aliphatic heterocycles. The molecule has 2 rings (SSSR count). The summed E-state index contributed by atoms with van der Waals surface area (Å²) in [6.07, 6.45) is 1.24. The number of rotatable bonds is 4. The molecule has 2 heteroatoms. The second kappa shape index (κ2) is 6.53. The van der Waals surface area contributed by atoms with Crippen LogP contribution in [0.2, 0.25) is 0 Å². The van der Waals surface area contributed by atoms with Gasteiger partial charge in [0.05, 0.1) is 0 Å². The molecule has 2 nitrogen and oxygen atoms in total. The van der Waals surface area contributed by atoms with Crippen LogP contribution in [0.15, 0.2) is 18.2 Å². The van der Waals surface area contributed by atoms with Crippen molar-refractivity contribution in [1.29, 1.82) is 0 Å². The number of nitrogens with one attached hydrogen (secondary N) is 1. The third kappa shape index (κ3) is 3.18. The van der Waals surface area contributed by atoms with E-state index in [0.29, 0.717) is 12.0 Å². The van der Waals surface area contributed by atoms with Crippen molar-refractivity contribution in [3.8, 4) is 0 Å². The smallest absolute Gasteiger partial charge is 0.0377 e. The summed E-state index contributed by atoms with van der Waals surface area (Å²) in [6, 6.07) is 7.35. The van der Waals surface area contributed by atoms with Gasteiger partial charge in [0, 0.05) is 32.2 Å². The zero-order chi connectivity index (χ0) is 13.8. The molecule has 19 heavy (non-hydrogen) atoms. The highest BCUT2D eigenvalue weighted by Crippen LogP contribution is 2.33. The van der Waals surface area contributed by atoms with E-state index in [9.17, 15) is 0 Å². The number of hydrogen-bond acceptors (Lipinski definition) is 2. The summed E-state index contributed by atoms with van der Waals surface area (Å²) >= 11 is 0. The van der Waals surface area contributed by atoms with E-state index in [1.807, 2.05) is 0 Å². The molecule has 1 unspecified atom stereocenters. The lowest BCUT2D eigenvalue weighted by molar-refractivity contribution is 0.128. The summed E-state index contributed by atoms with van der Waals surface area (Å²) in [5, 5.41) is 3.46. The van der Waals surface area contributed by atoms with Crippen molar-refractivity contribution < 1.29 is 0 Å². The maximum Gasteiger partial charge on any atom is 0.0377 e. The number of piperazine rings is 1. The first kappa shape index (κ1) is 14.5. The minimum atomic E-state index is 0.576. The van der Waals surface area contributed by atoms with Crippen LogP contribution in [-0.4, -0.2) is 31.1 Å². The molecule has 0 aliphatic carbocycles. The van der Waals surface area contributed by atoms with E-state index >= 15 is 0 Å². The third-order valence-electron chi connectivity index (χ3n) is 4.69. The molecule has 1 aliphatic rings. The Bertz CT molecular complexity index is 408. The Morgan fingerprint density at radius 2 is 1.89 bits per heavy atom. The van der Waals surface area contributed by atoms with Gasteiger partial charge in [0.15, 0.2) is 0 Å². The fourth-order valence-electron chi connectivity index (χ4n) is 3.14. The summed E-state index contributed by atoms with van der Waals surface area (Å²) in [6.45, 7) is 13.8. The van der Waals surface area contributed by atoms with Crippen LogP contribution in [0.4, 0.5) is 0 Å². The molecule has 0 spiro atoms. The van der Waals surface area contributed by atoms with Gasteiger partial charge < -0.3 is 5.32 Å². The fraction of sp³-hybridized carbons (Fsp3) is 0.647. The zero-order valence-corrected chi connectivity index (χ0v) is 12.9. The van der Waals surface area contributed by atoms with Gasteiger partial charge >= 0.3 is 0 Å². The zero-order valence-electron chi connectivity index (χ0n) is 12.9. The van der Waals surface area contributed by atoms with Gasteiger partial charge in [-0.05, 0) is 36.5 Å². The van der Waals surface area contributed by atoms with Gasteiger partial charge in [-0.25, -0.2) is 0 Å². The van der Waals surface area contributed by atoms with Gasteiger partial charge in [0.25, 0.3) is 0 Å². The highest BCUT2D eigenvalue weighted by atomic mass is 15.2. The van der Waals surface area contributed by atoms with Crippen molar-refractivity contribution in [2.24, 2.45) is 5.92 Å². The molecule has 0 aromatic heterocycles. The minimum Gasteiger partial charge on any atom is -0.314 e. The first-order chi connectivity index (χ1) is 9.15. The van der Waals surface area contributed by atoms with Crippen LogP contribution in [0.1, 0.15) is 43.0 Å². The molecule has 1 fully saturated rings. The maximum atomic E-state index is 3.46. The summed E-state index contributed by atoms with van der Waals surface area (Å²) in [5.41, 5.74) is 4.43. The number of nitrogens with zero attached hydrogens (tertiary/aromatic N) is 1. The van der Waals surface area contributed by atoms with Crippen LogP contribution >= 0.6 is 0 Å². The van der Waals surface area contributed by atoms with Gasteiger partial charge in [0.1, 0.15) is 0 Å². The highest BCUT2D eigenvalue weighted by molar-refractivity contribution is 5.35. The Morgan fingerprint density at radius 1 is 1.21 bits per heavy atom. The number of benzene rings is 1. The van der Waals surface area contributed by atoms with E-state index in [1.54, 1.807) is 0 Å². The van der Waals surface area contributed by atoms with Crippen molar-refractivity contribution in [3.05, 3.63) is 34.9 Å². The molecule has 0 saturated carbocycles. The first-order valence-electron chi connectivity index (χ1n) is 7.66. The van der Waals surface area contributed by atoms with Gasteiger partial charge in [-0.15, -0.1) is 0 Å². The number of aryl methyl sites for hydroxylation is 1. The van der Waals surface area contributed by atoms with E-state index in [-0.39, 0.29) is 0 Å². The predicted octanol–water partition coefficient (Wildman–Crippen LogP) is 3.30. The van der Waals surface area contributed by atoms with Crippen molar-refractivity contribution in [1.82, 2.24) is 10.2 Å². The molecule has 1 heterocycles. The molecule has 1 N–H and O–H groups in total. The van der Waals surface area contributed by atoms with Gasteiger partial charge in [-0.2, -0.15) is 0 Å². The minimum absolute atomic E-state index is 0.576. The van der Waals surface area contributed by atoms with E-state index in [4.69, 9.17) is 0 Å². The average Bonchev–Trinajstić information content (AvgIpc) is 2.44. The summed E-state index contributed by atoms with van der Waals surface area (Å²) < 4.78 is 0. The van der Waals surface area contributed by atoms with Crippen LogP contribution in [-0.2, 0) is 0 Å². The topological polar surface area (TPSA) is 15.3 Å². The van der Waals surface area contributed by atoms with E-state index in [1.165, 1.54) is 36.2 Å². The lowest BCUT2D eigenvalue weighted by atomic mass is 9.87. The highest BCUT2D eigenvalue weighted by Gasteiger charge is 2.27. The Labute approximate surface area is 118 Å². The van der Waals surface area contributed by atoms with Crippen LogP contribution in [0, 0.1) is 19.8 Å². The molecular formula is C17H28N2. The molecule has 0 radical (unpaired) electrons. The quantitative estimate of drug-likeness (QED) is 0.893. The van der Waals surface area contributed by atoms with Crippen molar-refractivity contribution in [2.75, 3.05) is 26.2 Å². The molecule has 0 bridgehead atoms. The van der Waals surface area contributed by atoms with E-state index in [0.717, 1.165) is 13.1 Å². The monoisotopic (exact) mass is 260 g/mol. The molecule has 1 aromatic rings. The average molecular weight is 260 g/mol. The Kier molecular flexibility index (Phi) is 5.00. The Morgan fingerprint density at radius 3 is 2.53 bits per heavy atom. The number of hydrogen-bond donors (Lipinski definition) is 1. The Balaban J connectivity index is 2.33. The van der Waals surface area contributed by atoms with Crippen LogP contribution in [0.5, 0.6) is 0 Å². The lowest BCUT2D eigenvalue weighted by Crippen LogP contribution is -2.46. The lowest BCUT2D eigenvalue weighted by Gasteiger charge is -2.39. The van der Waals surface area contributed by atoms with Crippen LogP contribution in [0.25, 0.3) is 0 Å². The molecule has 106 valence electrons. The molecular weight excluding hydrogens is 232 g/mol. The van der Waals surface area contributed by atoms with Crippen molar-refractivity contribution >= 4 is 0 Å². The first-order valence-corrected chi connectivity index (χ1v) is 7.66. The summed E-state index contributed by atoms with van der Waals surface area (Å²) in [7, 11) is 0. The summed E-state index contributed by atoms with van der Waals surface area (Å²) in [5.74, 6) is 0.707. The van der Waals surface area contributed by atoms with Crippen molar-refractivity contribution in [3.63, 3.8) is 0 Å². The second-order valence-corrected chi connectivity index (χ2v) is 5.91. The molecule has 1 aromatic carbocycles. The fourth-order valence-corrected chi connectivity index (χ4v) is 3.14. The van der Waals surface area contributed by atoms with Gasteiger partial charge in [-0.3, -0.25) is 4.90 Å². The van der Waals surface area contributed by atoms with Gasteiger partial charge in [0.2, 0.25) is 0 Å². The Hall–Kier alpha value is -0.860. The molecule has 2 atom stereocenters. The summed E-state index contributed by atoms with van der Waals surface area (Å²) in [4.78, 5) is 2.67. The van der Waals surface area contributed by atoms with Crippen molar-refractivity contribution in [2.45, 2.75) is 40.2 Å². The van der Waals surface area contributed by atoms with Gasteiger partial charge in [-0.1, -0.05) is 38.5 Å². The SMILES string of the molecule is CCC(C)[C@@H](c1cccc(C)c1C)N1CCNCC1. The van der Waals surface area contributed by atoms with E-state index < -0.39 is 0 Å². The predicted molar refractivity (Wildman–Crippen MR) is 82.6 cm³/mol. The van der Waals surface area contributed by atoms with Crippen LogP contribution < -0.4 is 5.32 Å². The normalized spacial score (nSPS) is 20.2. The third-order valence-corrected chi connectivity index (χ3v) is 4.69. The second-order valence-electron chi connectivity index (χ2n) is 5.91. The van der Waals surface area contributed by atoms with E-state index in [2.05, 4.69) is 56.1 Å². The molecule has 0 amide bonds. The van der Waals surface area contributed by atoms with Crippen LogP contribution in [0.3, 0.4) is 0 Å². The maximum absolute atomic E-state index is 3.46. The largest absolute Gasteiger partial charge is 0.314 e.